The molecule has 0 aliphatic heterocycles. The van der Waals surface area contributed by atoms with Crippen molar-refractivity contribution in [2.45, 2.75) is 45.4 Å². The fraction of sp³-hybridized carbons (Fsp3) is 0.917. The van der Waals surface area contributed by atoms with Gasteiger partial charge in [0.1, 0.15) is 0 Å². The molecule has 3 nitrogen and oxygen atoms in total. The van der Waals surface area contributed by atoms with Gasteiger partial charge in [0, 0.05) is 6.54 Å². The van der Waals surface area contributed by atoms with Crippen molar-refractivity contribution in [1.82, 2.24) is 0 Å². The third kappa shape index (κ3) is 4.20. The van der Waals surface area contributed by atoms with Gasteiger partial charge in [0.15, 0.2) is 0 Å². The molecule has 0 aromatic carbocycles. The van der Waals surface area contributed by atoms with Crippen LogP contribution in [-0.2, 0) is 4.79 Å². The van der Waals surface area contributed by atoms with Crippen LogP contribution in [0, 0.1) is 17.8 Å². The molecule has 2 unspecified atom stereocenters. The van der Waals surface area contributed by atoms with E-state index in [0.29, 0.717) is 5.92 Å². The highest BCUT2D eigenvalue weighted by Crippen LogP contribution is 2.32. The zero-order valence-electron chi connectivity index (χ0n) is 9.61. The number of rotatable bonds is 7. The molecule has 3 heteroatoms. The molecule has 0 radical (unpaired) electrons. The highest BCUT2D eigenvalue weighted by atomic mass is 16.4. The molecule has 0 saturated heterocycles. The van der Waals surface area contributed by atoms with Crippen LogP contribution in [-0.4, -0.2) is 17.6 Å². The average molecular weight is 213 g/mol. The van der Waals surface area contributed by atoms with Crippen molar-refractivity contribution < 1.29 is 9.90 Å². The van der Waals surface area contributed by atoms with Gasteiger partial charge in [-0.3, -0.25) is 4.79 Å². The predicted octanol–water partition coefficient (Wildman–Crippen LogP) is 2.25. The first-order valence-electron chi connectivity index (χ1n) is 6.06. The summed E-state index contributed by atoms with van der Waals surface area (Å²) < 4.78 is 0. The SMILES string of the molecule is CC(CCC1CCC1)CC(CN)C(=O)O. The largest absolute Gasteiger partial charge is 0.481 e. The van der Waals surface area contributed by atoms with E-state index in [0.717, 1.165) is 18.8 Å². The van der Waals surface area contributed by atoms with Crippen LogP contribution in [0.15, 0.2) is 0 Å². The third-order valence-corrected chi connectivity index (χ3v) is 3.61. The molecular formula is C12H23NO2. The highest BCUT2D eigenvalue weighted by molar-refractivity contribution is 5.70. The van der Waals surface area contributed by atoms with Gasteiger partial charge in [-0.25, -0.2) is 0 Å². The Morgan fingerprint density at radius 3 is 2.60 bits per heavy atom. The van der Waals surface area contributed by atoms with Gasteiger partial charge >= 0.3 is 5.97 Å². The van der Waals surface area contributed by atoms with E-state index in [1.807, 2.05) is 0 Å². The van der Waals surface area contributed by atoms with E-state index in [4.69, 9.17) is 10.8 Å². The van der Waals surface area contributed by atoms with E-state index in [1.54, 1.807) is 0 Å². The predicted molar refractivity (Wildman–Crippen MR) is 60.5 cm³/mol. The Morgan fingerprint density at radius 2 is 2.20 bits per heavy atom. The maximum absolute atomic E-state index is 10.8. The van der Waals surface area contributed by atoms with E-state index in [2.05, 4.69) is 6.92 Å². The summed E-state index contributed by atoms with van der Waals surface area (Å²) in [7, 11) is 0. The van der Waals surface area contributed by atoms with Gasteiger partial charge in [-0.1, -0.05) is 39.0 Å². The van der Waals surface area contributed by atoms with Gasteiger partial charge in [0.05, 0.1) is 5.92 Å². The number of aliphatic carboxylic acids is 1. The number of carboxylic acid groups (broad SMARTS) is 1. The molecule has 0 bridgehead atoms. The Morgan fingerprint density at radius 1 is 1.53 bits per heavy atom. The molecule has 0 spiro atoms. The van der Waals surface area contributed by atoms with Crippen molar-refractivity contribution in [2.75, 3.05) is 6.54 Å². The van der Waals surface area contributed by atoms with Crippen molar-refractivity contribution in [3.63, 3.8) is 0 Å². The molecule has 1 fully saturated rings. The summed E-state index contributed by atoms with van der Waals surface area (Å²) in [4.78, 5) is 10.8. The zero-order valence-corrected chi connectivity index (χ0v) is 9.61. The van der Waals surface area contributed by atoms with Gasteiger partial charge in [-0.2, -0.15) is 0 Å². The summed E-state index contributed by atoms with van der Waals surface area (Å²) in [5, 5.41) is 8.88. The molecule has 0 aromatic heterocycles. The van der Waals surface area contributed by atoms with Crippen molar-refractivity contribution in [1.29, 1.82) is 0 Å². The summed E-state index contributed by atoms with van der Waals surface area (Å²) in [6.07, 6.45) is 7.32. The van der Waals surface area contributed by atoms with Crippen molar-refractivity contribution in [3.8, 4) is 0 Å². The van der Waals surface area contributed by atoms with Crippen LogP contribution < -0.4 is 5.73 Å². The highest BCUT2D eigenvalue weighted by Gasteiger charge is 2.21. The molecule has 88 valence electrons. The minimum Gasteiger partial charge on any atom is -0.481 e. The van der Waals surface area contributed by atoms with Gasteiger partial charge in [0.25, 0.3) is 0 Å². The van der Waals surface area contributed by atoms with E-state index >= 15 is 0 Å². The molecule has 3 N–H and O–H groups in total. The van der Waals surface area contributed by atoms with Crippen molar-refractivity contribution in [2.24, 2.45) is 23.5 Å². The number of hydrogen-bond donors (Lipinski definition) is 2. The van der Waals surface area contributed by atoms with Gasteiger partial charge < -0.3 is 10.8 Å². The minimum atomic E-state index is -0.743. The Kier molecular flexibility index (Phi) is 5.09. The summed E-state index contributed by atoms with van der Waals surface area (Å²) >= 11 is 0. The molecule has 15 heavy (non-hydrogen) atoms. The Hall–Kier alpha value is -0.570. The molecule has 1 aliphatic carbocycles. The third-order valence-electron chi connectivity index (χ3n) is 3.61. The van der Waals surface area contributed by atoms with E-state index < -0.39 is 5.97 Å². The van der Waals surface area contributed by atoms with Crippen LogP contribution in [0.25, 0.3) is 0 Å². The Balaban J connectivity index is 2.15. The quantitative estimate of drug-likeness (QED) is 0.681. The normalized spacial score (nSPS) is 20.7. The molecule has 2 atom stereocenters. The zero-order chi connectivity index (χ0) is 11.3. The van der Waals surface area contributed by atoms with E-state index in [-0.39, 0.29) is 12.5 Å². The molecule has 1 aliphatic rings. The first kappa shape index (κ1) is 12.5. The lowest BCUT2D eigenvalue weighted by Crippen LogP contribution is -2.25. The lowest BCUT2D eigenvalue weighted by Gasteiger charge is -2.27. The Bertz CT molecular complexity index is 202. The monoisotopic (exact) mass is 213 g/mol. The maximum atomic E-state index is 10.8. The molecule has 0 amide bonds. The summed E-state index contributed by atoms with van der Waals surface area (Å²) in [6, 6.07) is 0. The fourth-order valence-electron chi connectivity index (χ4n) is 2.20. The maximum Gasteiger partial charge on any atom is 0.307 e. The second-order valence-electron chi connectivity index (χ2n) is 4.99. The molecule has 1 saturated carbocycles. The summed E-state index contributed by atoms with van der Waals surface area (Å²) in [6.45, 7) is 2.41. The van der Waals surface area contributed by atoms with Crippen LogP contribution >= 0.6 is 0 Å². The second kappa shape index (κ2) is 6.11. The number of nitrogens with two attached hydrogens (primary N) is 1. The Labute approximate surface area is 92.0 Å². The second-order valence-corrected chi connectivity index (χ2v) is 4.99. The smallest absolute Gasteiger partial charge is 0.307 e. The number of hydrogen-bond acceptors (Lipinski definition) is 2. The van der Waals surface area contributed by atoms with E-state index in [9.17, 15) is 4.79 Å². The van der Waals surface area contributed by atoms with Crippen molar-refractivity contribution in [3.05, 3.63) is 0 Å². The number of carboxylic acids is 1. The van der Waals surface area contributed by atoms with Crippen molar-refractivity contribution >= 4 is 5.97 Å². The lowest BCUT2D eigenvalue weighted by molar-refractivity contribution is -0.141. The topological polar surface area (TPSA) is 63.3 Å². The van der Waals surface area contributed by atoms with Gasteiger partial charge in [-0.05, 0) is 18.3 Å². The van der Waals surface area contributed by atoms with Crippen LogP contribution in [0.4, 0.5) is 0 Å². The van der Waals surface area contributed by atoms with Crippen LogP contribution in [0.2, 0.25) is 0 Å². The van der Waals surface area contributed by atoms with Crippen LogP contribution in [0.3, 0.4) is 0 Å². The summed E-state index contributed by atoms with van der Waals surface area (Å²) in [5.74, 6) is 0.332. The van der Waals surface area contributed by atoms with Gasteiger partial charge in [-0.15, -0.1) is 0 Å². The van der Waals surface area contributed by atoms with E-state index in [1.165, 1.54) is 25.7 Å². The van der Waals surface area contributed by atoms with Crippen LogP contribution in [0.1, 0.15) is 45.4 Å². The fourth-order valence-corrected chi connectivity index (χ4v) is 2.20. The molecule has 0 aromatic rings. The average Bonchev–Trinajstić information content (AvgIpc) is 2.11. The summed E-state index contributed by atoms with van der Waals surface area (Å²) in [5.41, 5.74) is 5.43. The first-order valence-corrected chi connectivity index (χ1v) is 6.06. The van der Waals surface area contributed by atoms with Crippen LogP contribution in [0.5, 0.6) is 0 Å². The number of carbonyl (C=O) groups is 1. The minimum absolute atomic E-state index is 0.267. The standard InChI is InChI=1S/C12H23NO2/c1-9(5-6-10-3-2-4-10)7-11(8-13)12(14)15/h9-11H,2-8,13H2,1H3,(H,14,15). The lowest BCUT2D eigenvalue weighted by atomic mass is 9.79. The molecular weight excluding hydrogens is 190 g/mol. The van der Waals surface area contributed by atoms with Gasteiger partial charge in [0.2, 0.25) is 0 Å². The molecule has 1 rings (SSSR count). The first-order chi connectivity index (χ1) is 7.13. The molecule has 0 heterocycles.